The van der Waals surface area contributed by atoms with E-state index in [0.717, 1.165) is 54.7 Å². The van der Waals surface area contributed by atoms with E-state index in [1.54, 1.807) is 6.07 Å². The van der Waals surface area contributed by atoms with Crippen LogP contribution in [-0.4, -0.2) is 25.8 Å². The molecule has 0 bridgehead atoms. The van der Waals surface area contributed by atoms with Crippen LogP contribution >= 0.6 is 0 Å². The number of carbonyl (C=O) groups is 1. The van der Waals surface area contributed by atoms with E-state index in [9.17, 15) is 9.18 Å². The van der Waals surface area contributed by atoms with Crippen LogP contribution in [0.25, 0.3) is 11.0 Å². The van der Waals surface area contributed by atoms with Gasteiger partial charge in [-0.3, -0.25) is 9.78 Å². The van der Waals surface area contributed by atoms with Gasteiger partial charge in [0.1, 0.15) is 17.3 Å². The smallest absolute Gasteiger partial charge is 0.270 e. The molecule has 1 aromatic carbocycles. The van der Waals surface area contributed by atoms with Gasteiger partial charge in [-0.2, -0.15) is 0 Å². The molecule has 0 radical (unpaired) electrons. The van der Waals surface area contributed by atoms with Crippen molar-refractivity contribution in [3.8, 4) is 0 Å². The second-order valence-corrected chi connectivity index (χ2v) is 7.39. The molecule has 0 unspecified atom stereocenters. The highest BCUT2D eigenvalue weighted by Gasteiger charge is 2.10. The van der Waals surface area contributed by atoms with Gasteiger partial charge in [0.05, 0.1) is 23.3 Å². The van der Waals surface area contributed by atoms with Crippen molar-refractivity contribution in [2.24, 2.45) is 0 Å². The fourth-order valence-electron chi connectivity index (χ4n) is 3.45. The monoisotopic (exact) mass is 417 g/mol. The van der Waals surface area contributed by atoms with Crippen LogP contribution in [0.3, 0.4) is 0 Å². The van der Waals surface area contributed by atoms with Crippen LogP contribution < -0.4 is 5.32 Å². The van der Waals surface area contributed by atoms with E-state index < -0.39 is 5.82 Å². The maximum Gasteiger partial charge on any atom is 0.270 e. The summed E-state index contributed by atoms with van der Waals surface area (Å²) in [5.74, 6) is 0.242. The summed E-state index contributed by atoms with van der Waals surface area (Å²) >= 11 is 0. The number of carbonyl (C=O) groups excluding carboxylic acids is 1. The summed E-state index contributed by atoms with van der Waals surface area (Å²) in [5, 5.41) is 2.67. The standard InChI is InChI=1S/C24H24FN5O/c25-18-10-7-15-26-22(18)16-27-24(31)21-13-6-9-17(28-21)8-2-1-3-14-23-29-19-11-4-5-12-20(19)30-23/h4-7,9-13,15H,1-3,8,14,16H2,(H,27,31)(H,29,30). The van der Waals surface area contributed by atoms with Crippen LogP contribution in [-0.2, 0) is 19.4 Å². The number of unbranched alkanes of at least 4 members (excludes halogenated alkanes) is 2. The van der Waals surface area contributed by atoms with E-state index in [4.69, 9.17) is 0 Å². The average Bonchev–Trinajstić information content (AvgIpc) is 3.21. The van der Waals surface area contributed by atoms with Crippen molar-refractivity contribution in [2.45, 2.75) is 38.6 Å². The fourth-order valence-corrected chi connectivity index (χ4v) is 3.45. The minimum Gasteiger partial charge on any atom is -0.345 e. The Hall–Kier alpha value is -3.61. The van der Waals surface area contributed by atoms with Gasteiger partial charge in [0.2, 0.25) is 0 Å². The Morgan fingerprint density at radius 2 is 1.81 bits per heavy atom. The van der Waals surface area contributed by atoms with E-state index in [-0.39, 0.29) is 18.1 Å². The number of imidazole rings is 1. The lowest BCUT2D eigenvalue weighted by atomic mass is 10.1. The number of aromatic amines is 1. The number of nitrogens with zero attached hydrogens (tertiary/aromatic N) is 3. The number of aromatic nitrogens is 4. The molecule has 1 amide bonds. The Morgan fingerprint density at radius 1 is 0.935 bits per heavy atom. The minimum atomic E-state index is -0.438. The lowest BCUT2D eigenvalue weighted by Crippen LogP contribution is -2.25. The Morgan fingerprint density at radius 3 is 2.68 bits per heavy atom. The average molecular weight is 417 g/mol. The van der Waals surface area contributed by atoms with E-state index in [1.807, 2.05) is 36.4 Å². The first-order valence-corrected chi connectivity index (χ1v) is 10.5. The van der Waals surface area contributed by atoms with E-state index in [1.165, 1.54) is 18.3 Å². The number of para-hydroxylation sites is 2. The SMILES string of the molecule is O=C(NCc1ncccc1F)c1cccc(CCCCCc2nc3ccccc3[nH]2)n1. The number of amides is 1. The zero-order valence-corrected chi connectivity index (χ0v) is 17.1. The van der Waals surface area contributed by atoms with Gasteiger partial charge in [-0.15, -0.1) is 0 Å². The van der Waals surface area contributed by atoms with Gasteiger partial charge in [0.15, 0.2) is 0 Å². The molecule has 0 spiro atoms. The predicted octanol–water partition coefficient (Wildman–Crippen LogP) is 4.38. The molecule has 0 fully saturated rings. The minimum absolute atomic E-state index is 0.0270. The van der Waals surface area contributed by atoms with Gasteiger partial charge in [0.25, 0.3) is 5.91 Å². The molecule has 4 aromatic rings. The highest BCUT2D eigenvalue weighted by molar-refractivity contribution is 5.92. The van der Waals surface area contributed by atoms with E-state index in [0.29, 0.717) is 5.69 Å². The number of halogens is 1. The molecule has 7 heteroatoms. The number of nitrogens with one attached hydrogen (secondary N) is 2. The number of benzene rings is 1. The molecule has 0 aliphatic rings. The van der Waals surface area contributed by atoms with Gasteiger partial charge in [-0.25, -0.2) is 14.4 Å². The summed E-state index contributed by atoms with van der Waals surface area (Å²) in [5.41, 5.74) is 3.48. The molecule has 4 rings (SSSR count). The molecule has 3 heterocycles. The lowest BCUT2D eigenvalue weighted by Gasteiger charge is -2.07. The predicted molar refractivity (Wildman–Crippen MR) is 117 cm³/mol. The zero-order chi connectivity index (χ0) is 21.5. The van der Waals surface area contributed by atoms with Crippen LogP contribution in [0.1, 0.15) is 47.0 Å². The van der Waals surface area contributed by atoms with Crippen molar-refractivity contribution < 1.29 is 9.18 Å². The summed E-state index contributed by atoms with van der Waals surface area (Å²) in [7, 11) is 0. The number of hydrogen-bond donors (Lipinski definition) is 2. The molecule has 3 aromatic heterocycles. The first kappa shape index (κ1) is 20.7. The van der Waals surface area contributed by atoms with Crippen molar-refractivity contribution in [3.05, 3.63) is 89.5 Å². The second kappa shape index (κ2) is 9.93. The molecule has 0 aliphatic heterocycles. The third-order valence-electron chi connectivity index (χ3n) is 5.08. The van der Waals surface area contributed by atoms with Crippen LogP contribution in [0.5, 0.6) is 0 Å². The van der Waals surface area contributed by atoms with Crippen molar-refractivity contribution >= 4 is 16.9 Å². The lowest BCUT2D eigenvalue weighted by molar-refractivity contribution is 0.0945. The Bertz CT molecular complexity index is 1140. The van der Waals surface area contributed by atoms with Crippen LogP contribution in [0.2, 0.25) is 0 Å². The van der Waals surface area contributed by atoms with Gasteiger partial charge in [0, 0.05) is 18.3 Å². The highest BCUT2D eigenvalue weighted by Crippen LogP contribution is 2.13. The van der Waals surface area contributed by atoms with Gasteiger partial charge >= 0.3 is 0 Å². The molecule has 0 saturated carbocycles. The highest BCUT2D eigenvalue weighted by atomic mass is 19.1. The Kier molecular flexibility index (Phi) is 6.62. The maximum absolute atomic E-state index is 13.6. The van der Waals surface area contributed by atoms with Crippen LogP contribution in [0.4, 0.5) is 4.39 Å². The normalized spacial score (nSPS) is 11.0. The number of fused-ring (bicyclic) bond motifs is 1. The van der Waals surface area contributed by atoms with Crippen molar-refractivity contribution in [3.63, 3.8) is 0 Å². The van der Waals surface area contributed by atoms with Crippen molar-refractivity contribution in [1.82, 2.24) is 25.3 Å². The summed E-state index contributed by atoms with van der Waals surface area (Å²) < 4.78 is 13.6. The first-order chi connectivity index (χ1) is 15.2. The molecule has 6 nitrogen and oxygen atoms in total. The van der Waals surface area contributed by atoms with Crippen molar-refractivity contribution in [2.75, 3.05) is 0 Å². The summed E-state index contributed by atoms with van der Waals surface area (Å²) in [6, 6.07) is 16.3. The number of rotatable bonds is 9. The maximum atomic E-state index is 13.6. The molecule has 0 atom stereocenters. The quantitative estimate of drug-likeness (QED) is 0.396. The van der Waals surface area contributed by atoms with Gasteiger partial charge < -0.3 is 10.3 Å². The third kappa shape index (κ3) is 5.51. The fraction of sp³-hybridized carbons (Fsp3) is 0.250. The molecular formula is C24H24FN5O. The number of H-pyrrole nitrogens is 1. The number of aryl methyl sites for hydroxylation is 2. The zero-order valence-electron chi connectivity index (χ0n) is 17.1. The Balaban J connectivity index is 1.22. The van der Waals surface area contributed by atoms with Crippen LogP contribution in [0, 0.1) is 5.82 Å². The molecule has 2 N–H and O–H groups in total. The molecule has 158 valence electrons. The first-order valence-electron chi connectivity index (χ1n) is 10.5. The molecular weight excluding hydrogens is 393 g/mol. The largest absolute Gasteiger partial charge is 0.345 e. The molecule has 0 saturated heterocycles. The van der Waals surface area contributed by atoms with Crippen molar-refractivity contribution in [1.29, 1.82) is 0 Å². The summed E-state index contributed by atoms with van der Waals surface area (Å²) in [4.78, 5) is 28.7. The molecule has 31 heavy (non-hydrogen) atoms. The Labute approximate surface area is 180 Å². The number of pyridine rings is 2. The second-order valence-electron chi connectivity index (χ2n) is 7.39. The third-order valence-corrected chi connectivity index (χ3v) is 5.08. The van der Waals surface area contributed by atoms with Crippen LogP contribution in [0.15, 0.2) is 60.8 Å². The summed E-state index contributed by atoms with van der Waals surface area (Å²) in [6.07, 6.45) is 6.28. The van der Waals surface area contributed by atoms with E-state index in [2.05, 4.69) is 25.3 Å². The van der Waals surface area contributed by atoms with Gasteiger partial charge in [-0.05, 0) is 55.7 Å². The topological polar surface area (TPSA) is 83.6 Å². The van der Waals surface area contributed by atoms with E-state index >= 15 is 0 Å². The number of hydrogen-bond acceptors (Lipinski definition) is 4. The molecule has 0 aliphatic carbocycles. The summed E-state index contributed by atoms with van der Waals surface area (Å²) in [6.45, 7) is 0.0270. The van der Waals surface area contributed by atoms with Gasteiger partial charge in [-0.1, -0.05) is 24.6 Å².